The fraction of sp³-hybridized carbons (Fsp3) is 0.750. The molecule has 2 heterocycles. The maximum atomic E-state index is 5.99. The Morgan fingerprint density at radius 3 is 3.00 bits per heavy atom. The molecule has 0 aromatic carbocycles. The van der Waals surface area contributed by atoms with E-state index in [2.05, 4.69) is 23.2 Å². The van der Waals surface area contributed by atoms with Crippen molar-refractivity contribution in [3.8, 4) is 0 Å². The molecule has 3 heteroatoms. The molecule has 0 radical (unpaired) electrons. The van der Waals surface area contributed by atoms with E-state index in [0.29, 0.717) is 0 Å². The molecule has 0 amide bonds. The molecule has 1 N–H and O–H groups in total. The first kappa shape index (κ1) is 13.2. The predicted molar refractivity (Wildman–Crippen MR) is 77.0 cm³/mol. The van der Waals surface area contributed by atoms with Gasteiger partial charge in [0.1, 0.15) is 11.5 Å². The quantitative estimate of drug-likeness (QED) is 0.904. The molecule has 3 rings (SSSR count). The van der Waals surface area contributed by atoms with Gasteiger partial charge in [-0.15, -0.1) is 0 Å². The van der Waals surface area contributed by atoms with Gasteiger partial charge in [-0.05, 0) is 57.3 Å². The predicted octanol–water partition coefficient (Wildman–Crippen LogP) is 3.07. The molecule has 1 aromatic heterocycles. The zero-order valence-electron chi connectivity index (χ0n) is 12.2. The van der Waals surface area contributed by atoms with Crippen LogP contribution in [-0.4, -0.2) is 24.5 Å². The second kappa shape index (κ2) is 5.68. The Balaban J connectivity index is 1.66. The van der Waals surface area contributed by atoms with Gasteiger partial charge in [0.05, 0.1) is 13.1 Å². The van der Waals surface area contributed by atoms with E-state index in [1.807, 2.05) is 7.05 Å². The number of nitrogens with zero attached hydrogens (tertiary/aromatic N) is 1. The van der Waals surface area contributed by atoms with Gasteiger partial charge >= 0.3 is 0 Å². The minimum absolute atomic E-state index is 0.826. The molecule has 3 nitrogen and oxygen atoms in total. The van der Waals surface area contributed by atoms with Crippen molar-refractivity contribution in [2.24, 2.45) is 5.92 Å². The smallest absolute Gasteiger partial charge is 0.120 e. The van der Waals surface area contributed by atoms with Crippen LogP contribution in [0.2, 0.25) is 0 Å². The molecular weight excluding hydrogens is 236 g/mol. The number of nitrogens with one attached hydrogen (secondary N) is 1. The molecule has 1 saturated carbocycles. The third-order valence-corrected chi connectivity index (χ3v) is 4.89. The molecule has 1 aromatic rings. The van der Waals surface area contributed by atoms with Gasteiger partial charge in [0.2, 0.25) is 0 Å². The first-order chi connectivity index (χ1) is 9.28. The van der Waals surface area contributed by atoms with Crippen LogP contribution in [0.3, 0.4) is 0 Å². The fourth-order valence-corrected chi connectivity index (χ4v) is 3.90. The summed E-state index contributed by atoms with van der Waals surface area (Å²) in [6, 6.07) is 3.05. The third-order valence-electron chi connectivity index (χ3n) is 4.89. The molecule has 2 aliphatic rings. The molecule has 2 unspecified atom stereocenters. The van der Waals surface area contributed by atoms with E-state index in [0.717, 1.165) is 36.6 Å². The topological polar surface area (TPSA) is 28.4 Å². The summed E-state index contributed by atoms with van der Waals surface area (Å²) in [5.74, 6) is 3.20. The second-order valence-corrected chi connectivity index (χ2v) is 6.22. The van der Waals surface area contributed by atoms with Gasteiger partial charge in [0, 0.05) is 6.04 Å². The fourth-order valence-electron chi connectivity index (χ4n) is 3.90. The summed E-state index contributed by atoms with van der Waals surface area (Å²) in [7, 11) is 1.97. The van der Waals surface area contributed by atoms with Gasteiger partial charge in [-0.3, -0.25) is 4.90 Å². The van der Waals surface area contributed by atoms with E-state index in [4.69, 9.17) is 4.42 Å². The Bertz CT molecular complexity index is 426. The summed E-state index contributed by atoms with van der Waals surface area (Å²) >= 11 is 0. The molecule has 106 valence electrons. The summed E-state index contributed by atoms with van der Waals surface area (Å²) in [6.07, 6.45) is 7.10. The zero-order chi connectivity index (χ0) is 13.2. The molecule has 19 heavy (non-hydrogen) atoms. The Labute approximate surface area is 116 Å². The molecule has 0 spiro atoms. The third kappa shape index (κ3) is 2.72. The lowest BCUT2D eigenvalue weighted by atomic mass is 9.85. The van der Waals surface area contributed by atoms with Crippen molar-refractivity contribution < 1.29 is 4.42 Å². The van der Waals surface area contributed by atoms with Crippen LogP contribution in [0, 0.1) is 12.8 Å². The summed E-state index contributed by atoms with van der Waals surface area (Å²) in [4.78, 5) is 2.66. The highest BCUT2D eigenvalue weighted by Gasteiger charge is 2.35. The number of likely N-dealkylation sites (tertiary alicyclic amines) is 1. The summed E-state index contributed by atoms with van der Waals surface area (Å²) in [6.45, 7) is 5.24. The standard InChI is InChI=1S/C16H26N2O/c1-12-9-14(19-16(12)10-17-2)11-18-8-7-13-5-3-4-6-15(13)18/h9,13,15,17H,3-8,10-11H2,1-2H3. The van der Waals surface area contributed by atoms with Gasteiger partial charge < -0.3 is 9.73 Å². The second-order valence-electron chi connectivity index (χ2n) is 6.22. The molecule has 1 saturated heterocycles. The number of hydrogen-bond donors (Lipinski definition) is 1. The number of fused-ring (bicyclic) bond motifs is 1. The van der Waals surface area contributed by atoms with Crippen LogP contribution in [0.5, 0.6) is 0 Å². The van der Waals surface area contributed by atoms with Crippen molar-refractivity contribution >= 4 is 0 Å². The first-order valence-corrected chi connectivity index (χ1v) is 7.74. The number of aryl methyl sites for hydroxylation is 1. The van der Waals surface area contributed by atoms with Gasteiger partial charge in [-0.1, -0.05) is 12.8 Å². The highest BCUT2D eigenvalue weighted by molar-refractivity contribution is 5.20. The minimum atomic E-state index is 0.826. The largest absolute Gasteiger partial charge is 0.463 e. The Morgan fingerprint density at radius 1 is 1.32 bits per heavy atom. The Kier molecular flexibility index (Phi) is 3.94. The maximum Gasteiger partial charge on any atom is 0.120 e. The summed E-state index contributed by atoms with van der Waals surface area (Å²) in [5.41, 5.74) is 1.28. The van der Waals surface area contributed by atoms with Crippen LogP contribution in [0.25, 0.3) is 0 Å². The number of furan rings is 1. The minimum Gasteiger partial charge on any atom is -0.463 e. The van der Waals surface area contributed by atoms with Crippen LogP contribution in [0.15, 0.2) is 10.5 Å². The van der Waals surface area contributed by atoms with Gasteiger partial charge in [-0.2, -0.15) is 0 Å². The van der Waals surface area contributed by atoms with Crippen molar-refractivity contribution in [1.29, 1.82) is 0 Å². The lowest BCUT2D eigenvalue weighted by molar-refractivity contribution is 0.164. The Hall–Kier alpha value is -0.800. The average molecular weight is 262 g/mol. The summed E-state index contributed by atoms with van der Waals surface area (Å²) < 4.78 is 5.99. The van der Waals surface area contributed by atoms with Crippen LogP contribution in [0.1, 0.15) is 49.2 Å². The van der Waals surface area contributed by atoms with E-state index in [1.165, 1.54) is 44.2 Å². The monoisotopic (exact) mass is 262 g/mol. The molecule has 0 bridgehead atoms. The van der Waals surface area contributed by atoms with E-state index in [-0.39, 0.29) is 0 Å². The number of rotatable bonds is 4. The van der Waals surface area contributed by atoms with Crippen molar-refractivity contribution in [3.63, 3.8) is 0 Å². The highest BCUT2D eigenvalue weighted by Crippen LogP contribution is 2.37. The molecule has 1 aliphatic heterocycles. The molecule has 2 atom stereocenters. The van der Waals surface area contributed by atoms with E-state index >= 15 is 0 Å². The van der Waals surface area contributed by atoms with Gasteiger partial charge in [0.25, 0.3) is 0 Å². The van der Waals surface area contributed by atoms with E-state index < -0.39 is 0 Å². The SMILES string of the molecule is CNCc1oc(CN2CCC3CCCCC32)cc1C. The maximum absolute atomic E-state index is 5.99. The van der Waals surface area contributed by atoms with Crippen LogP contribution < -0.4 is 5.32 Å². The van der Waals surface area contributed by atoms with Gasteiger partial charge in [-0.25, -0.2) is 0 Å². The normalized spacial score (nSPS) is 27.7. The molecular formula is C16H26N2O. The highest BCUT2D eigenvalue weighted by atomic mass is 16.3. The van der Waals surface area contributed by atoms with Crippen LogP contribution in [0.4, 0.5) is 0 Å². The zero-order valence-corrected chi connectivity index (χ0v) is 12.2. The van der Waals surface area contributed by atoms with Crippen molar-refractivity contribution in [2.45, 2.75) is 58.2 Å². The first-order valence-electron chi connectivity index (χ1n) is 7.74. The van der Waals surface area contributed by atoms with Crippen molar-refractivity contribution in [2.75, 3.05) is 13.6 Å². The molecule has 1 aliphatic carbocycles. The lowest BCUT2D eigenvalue weighted by Crippen LogP contribution is -2.34. The number of hydrogen-bond acceptors (Lipinski definition) is 3. The van der Waals surface area contributed by atoms with Crippen LogP contribution >= 0.6 is 0 Å². The van der Waals surface area contributed by atoms with Gasteiger partial charge in [0.15, 0.2) is 0 Å². The molecule has 2 fully saturated rings. The average Bonchev–Trinajstić information content (AvgIpc) is 2.96. The van der Waals surface area contributed by atoms with E-state index in [9.17, 15) is 0 Å². The van der Waals surface area contributed by atoms with Crippen molar-refractivity contribution in [1.82, 2.24) is 10.2 Å². The Morgan fingerprint density at radius 2 is 2.16 bits per heavy atom. The van der Waals surface area contributed by atoms with Crippen molar-refractivity contribution in [3.05, 3.63) is 23.2 Å². The lowest BCUT2D eigenvalue weighted by Gasteiger charge is -2.31. The van der Waals surface area contributed by atoms with Crippen LogP contribution in [-0.2, 0) is 13.1 Å². The van der Waals surface area contributed by atoms with E-state index in [1.54, 1.807) is 0 Å². The summed E-state index contributed by atoms with van der Waals surface area (Å²) in [5, 5.41) is 3.17.